The average Bonchev–Trinajstić information content (AvgIpc) is 2.90. The Kier molecular flexibility index (Phi) is 8.45. The van der Waals surface area contributed by atoms with Crippen molar-refractivity contribution in [2.24, 2.45) is 0 Å². The molecule has 1 heterocycles. The Bertz CT molecular complexity index is 1160. The van der Waals surface area contributed by atoms with Crippen molar-refractivity contribution in [3.8, 4) is 5.75 Å². The molecule has 1 aliphatic heterocycles. The number of aliphatic hydroxyl groups is 3. The third kappa shape index (κ3) is 6.16. The second kappa shape index (κ2) is 11.7. The van der Waals surface area contributed by atoms with E-state index in [2.05, 4.69) is 5.32 Å². The maximum atomic E-state index is 12.3. The molecule has 1 saturated heterocycles. The first kappa shape index (κ1) is 25.9. The molecule has 3 aromatic rings. The van der Waals surface area contributed by atoms with Gasteiger partial charge in [0.1, 0.15) is 30.2 Å². The molecule has 9 heteroatoms. The molecule has 36 heavy (non-hydrogen) atoms. The number of alkyl carbamates (subject to hydrolysis) is 1. The highest BCUT2D eigenvalue weighted by atomic mass is 35.5. The number of amides is 1. The third-order valence-corrected chi connectivity index (χ3v) is 6.39. The van der Waals surface area contributed by atoms with Crippen LogP contribution in [-0.4, -0.2) is 53.1 Å². The van der Waals surface area contributed by atoms with Crippen molar-refractivity contribution < 1.29 is 34.3 Å². The molecule has 1 fully saturated rings. The molecule has 4 N–H and O–H groups in total. The molecule has 3 aromatic carbocycles. The highest BCUT2D eigenvalue weighted by molar-refractivity contribution is 6.31. The Balaban J connectivity index is 1.47. The van der Waals surface area contributed by atoms with E-state index >= 15 is 0 Å². The van der Waals surface area contributed by atoms with Crippen LogP contribution in [0.3, 0.4) is 0 Å². The molecule has 190 valence electrons. The lowest BCUT2D eigenvalue weighted by molar-refractivity contribution is -0.282. The van der Waals surface area contributed by atoms with Crippen molar-refractivity contribution in [3.05, 3.63) is 100 Å². The van der Waals surface area contributed by atoms with Crippen LogP contribution in [0.4, 0.5) is 4.79 Å². The van der Waals surface area contributed by atoms with Gasteiger partial charge in [-0.3, -0.25) is 0 Å². The summed E-state index contributed by atoms with van der Waals surface area (Å²) in [6, 6.07) is 21.9. The van der Waals surface area contributed by atoms with Gasteiger partial charge >= 0.3 is 6.09 Å². The number of ether oxygens (including phenoxy) is 3. The lowest BCUT2D eigenvalue weighted by atomic mass is 9.92. The first-order valence-corrected chi connectivity index (χ1v) is 11.8. The van der Waals surface area contributed by atoms with Gasteiger partial charge < -0.3 is 34.8 Å². The second-order valence-electron chi connectivity index (χ2n) is 8.52. The van der Waals surface area contributed by atoms with Crippen LogP contribution in [0.1, 0.15) is 28.4 Å². The van der Waals surface area contributed by atoms with Crippen molar-refractivity contribution in [2.45, 2.75) is 43.7 Å². The molecule has 0 aliphatic carbocycles. The maximum Gasteiger partial charge on any atom is 0.409 e. The molecule has 4 rings (SSSR count). The first-order chi connectivity index (χ1) is 17.4. The number of halogens is 1. The van der Waals surface area contributed by atoms with E-state index < -0.39 is 36.8 Å². The SMILES string of the molecule is COc1ccc(Cc2cc(C3OC(OC(=O)NCc4ccccc4)C(O)C(O)C3O)ccc2Cl)cc1. The van der Waals surface area contributed by atoms with Crippen molar-refractivity contribution in [2.75, 3.05) is 7.11 Å². The summed E-state index contributed by atoms with van der Waals surface area (Å²) in [5, 5.41) is 34.6. The molecule has 0 bridgehead atoms. The van der Waals surface area contributed by atoms with Gasteiger partial charge in [-0.05, 0) is 46.9 Å². The molecule has 0 aromatic heterocycles. The molecular formula is C27H28ClNO7. The van der Waals surface area contributed by atoms with Gasteiger partial charge in [-0.15, -0.1) is 0 Å². The van der Waals surface area contributed by atoms with E-state index in [4.69, 9.17) is 25.8 Å². The lowest BCUT2D eigenvalue weighted by Gasteiger charge is -2.40. The number of nitrogens with one attached hydrogen (secondary N) is 1. The highest BCUT2D eigenvalue weighted by Crippen LogP contribution is 2.35. The number of hydrogen-bond donors (Lipinski definition) is 4. The van der Waals surface area contributed by atoms with Crippen LogP contribution in [0, 0.1) is 0 Å². The molecule has 5 unspecified atom stereocenters. The van der Waals surface area contributed by atoms with Gasteiger partial charge in [0.25, 0.3) is 0 Å². The summed E-state index contributed by atoms with van der Waals surface area (Å²) in [5.74, 6) is 0.740. The number of hydrogen-bond acceptors (Lipinski definition) is 7. The summed E-state index contributed by atoms with van der Waals surface area (Å²) in [6.07, 6.45) is -7.58. The van der Waals surface area contributed by atoms with E-state index in [0.29, 0.717) is 17.0 Å². The van der Waals surface area contributed by atoms with Crippen molar-refractivity contribution >= 4 is 17.7 Å². The van der Waals surface area contributed by atoms with Gasteiger partial charge in [0.15, 0.2) is 0 Å². The molecule has 0 saturated carbocycles. The Morgan fingerprint density at radius 3 is 2.36 bits per heavy atom. The zero-order valence-electron chi connectivity index (χ0n) is 19.6. The molecular weight excluding hydrogens is 486 g/mol. The summed E-state index contributed by atoms with van der Waals surface area (Å²) in [4.78, 5) is 12.3. The number of benzene rings is 3. The number of carbonyl (C=O) groups is 1. The van der Waals surface area contributed by atoms with E-state index in [1.807, 2.05) is 54.6 Å². The predicted molar refractivity (Wildman–Crippen MR) is 133 cm³/mol. The summed E-state index contributed by atoms with van der Waals surface area (Å²) >= 11 is 6.42. The fraction of sp³-hybridized carbons (Fsp3) is 0.296. The summed E-state index contributed by atoms with van der Waals surface area (Å²) in [6.45, 7) is 0.211. The number of carbonyl (C=O) groups excluding carboxylic acids is 1. The molecule has 8 nitrogen and oxygen atoms in total. The van der Waals surface area contributed by atoms with Crippen molar-refractivity contribution in [3.63, 3.8) is 0 Å². The van der Waals surface area contributed by atoms with E-state index in [9.17, 15) is 20.1 Å². The summed E-state index contributed by atoms with van der Waals surface area (Å²) in [7, 11) is 1.60. The monoisotopic (exact) mass is 513 g/mol. The van der Waals surface area contributed by atoms with E-state index in [-0.39, 0.29) is 6.54 Å². The minimum atomic E-state index is -1.63. The number of aliphatic hydroxyl groups excluding tert-OH is 3. The smallest absolute Gasteiger partial charge is 0.409 e. The minimum Gasteiger partial charge on any atom is -0.497 e. The normalized spacial score (nSPS) is 23.6. The summed E-state index contributed by atoms with van der Waals surface area (Å²) < 4.78 is 16.2. The fourth-order valence-electron chi connectivity index (χ4n) is 4.01. The van der Waals surface area contributed by atoms with E-state index in [0.717, 1.165) is 22.4 Å². The fourth-order valence-corrected chi connectivity index (χ4v) is 4.19. The zero-order valence-corrected chi connectivity index (χ0v) is 20.3. The van der Waals surface area contributed by atoms with Crippen LogP contribution >= 0.6 is 11.6 Å². The topological polar surface area (TPSA) is 117 Å². The molecule has 1 amide bonds. The molecule has 0 spiro atoms. The largest absolute Gasteiger partial charge is 0.497 e. The third-order valence-electron chi connectivity index (χ3n) is 6.02. The van der Waals surface area contributed by atoms with Gasteiger partial charge in [-0.1, -0.05) is 66.2 Å². The quantitative estimate of drug-likeness (QED) is 0.383. The van der Waals surface area contributed by atoms with Crippen molar-refractivity contribution in [1.29, 1.82) is 0 Å². The minimum absolute atomic E-state index is 0.211. The van der Waals surface area contributed by atoms with Gasteiger partial charge in [0.2, 0.25) is 6.29 Å². The average molecular weight is 514 g/mol. The van der Waals surface area contributed by atoms with Gasteiger partial charge in [-0.2, -0.15) is 0 Å². The lowest BCUT2D eigenvalue weighted by Crippen LogP contribution is -2.55. The Morgan fingerprint density at radius 1 is 0.944 bits per heavy atom. The Hall–Kier alpha value is -3.14. The van der Waals surface area contributed by atoms with Gasteiger partial charge in [0, 0.05) is 11.6 Å². The van der Waals surface area contributed by atoms with E-state index in [1.54, 1.807) is 25.3 Å². The van der Waals surface area contributed by atoms with Crippen molar-refractivity contribution in [1.82, 2.24) is 5.32 Å². The second-order valence-corrected chi connectivity index (χ2v) is 8.92. The Morgan fingerprint density at radius 2 is 1.67 bits per heavy atom. The summed E-state index contributed by atoms with van der Waals surface area (Å²) in [5.41, 5.74) is 3.14. The zero-order chi connectivity index (χ0) is 25.7. The van der Waals surface area contributed by atoms with Crippen LogP contribution in [0.5, 0.6) is 5.75 Å². The van der Waals surface area contributed by atoms with Crippen LogP contribution in [0.2, 0.25) is 5.02 Å². The number of rotatable bonds is 7. The van der Waals surface area contributed by atoms with Crippen LogP contribution in [0.15, 0.2) is 72.8 Å². The maximum absolute atomic E-state index is 12.3. The standard InChI is InChI=1S/C27H28ClNO7/c1-34-20-10-7-16(8-11-20)13-19-14-18(9-12-21(19)28)25-23(31)22(30)24(32)26(35-25)36-27(33)29-15-17-5-3-2-4-6-17/h2-12,14,22-26,30-32H,13,15H2,1H3,(H,29,33). The first-order valence-electron chi connectivity index (χ1n) is 11.4. The van der Waals surface area contributed by atoms with Gasteiger partial charge in [-0.25, -0.2) is 4.79 Å². The van der Waals surface area contributed by atoms with Crippen LogP contribution in [-0.2, 0) is 22.4 Å². The van der Waals surface area contributed by atoms with Crippen LogP contribution in [0.25, 0.3) is 0 Å². The van der Waals surface area contributed by atoms with Crippen LogP contribution < -0.4 is 10.1 Å². The molecule has 0 radical (unpaired) electrons. The highest BCUT2D eigenvalue weighted by Gasteiger charge is 2.46. The molecule has 5 atom stereocenters. The predicted octanol–water partition coefficient (Wildman–Crippen LogP) is 3.35. The van der Waals surface area contributed by atoms with Gasteiger partial charge in [0.05, 0.1) is 7.11 Å². The Labute approximate surface area is 214 Å². The molecule has 1 aliphatic rings. The van der Waals surface area contributed by atoms with E-state index in [1.165, 1.54) is 0 Å². The number of methoxy groups -OCH3 is 1.